The predicted octanol–water partition coefficient (Wildman–Crippen LogP) is 1.88. The summed E-state index contributed by atoms with van der Waals surface area (Å²) < 4.78 is 0. The predicted molar refractivity (Wildman–Crippen MR) is 72.2 cm³/mol. The maximum absolute atomic E-state index is 10.6. The Morgan fingerprint density at radius 1 is 1.28 bits per heavy atom. The fraction of sp³-hybridized carbons (Fsp3) is 0.400. The first-order chi connectivity index (χ1) is 8.73. The molecule has 0 radical (unpaired) electrons. The third-order valence-corrected chi connectivity index (χ3v) is 3.93. The molecule has 1 aromatic carbocycles. The van der Waals surface area contributed by atoms with E-state index in [0.29, 0.717) is 18.9 Å². The van der Waals surface area contributed by atoms with Crippen LogP contribution in [0.2, 0.25) is 0 Å². The van der Waals surface area contributed by atoms with Gasteiger partial charge in [-0.15, -0.1) is 0 Å². The molecular weight excluding hydrogens is 224 g/mol. The SMILES string of the molecule is NCC(O)(Cc1ccnc2ccccc12)C1CC1. The lowest BCUT2D eigenvalue weighted by molar-refractivity contribution is 0.0270. The monoisotopic (exact) mass is 242 g/mol. The largest absolute Gasteiger partial charge is 0.388 e. The number of para-hydroxylation sites is 1. The number of nitrogens with two attached hydrogens (primary N) is 1. The normalized spacial score (nSPS) is 18.8. The first kappa shape index (κ1) is 11.6. The van der Waals surface area contributed by atoms with Crippen molar-refractivity contribution in [2.75, 3.05) is 6.54 Å². The minimum absolute atomic E-state index is 0.328. The van der Waals surface area contributed by atoms with Crippen LogP contribution in [0.1, 0.15) is 18.4 Å². The van der Waals surface area contributed by atoms with Crippen molar-refractivity contribution in [1.82, 2.24) is 4.98 Å². The molecule has 3 N–H and O–H groups in total. The van der Waals surface area contributed by atoms with E-state index in [0.717, 1.165) is 29.3 Å². The Balaban J connectivity index is 1.99. The summed E-state index contributed by atoms with van der Waals surface area (Å²) in [5.41, 5.74) is 7.14. The van der Waals surface area contributed by atoms with Gasteiger partial charge in [0.15, 0.2) is 0 Å². The molecule has 3 rings (SSSR count). The van der Waals surface area contributed by atoms with Gasteiger partial charge in [-0.05, 0) is 36.5 Å². The van der Waals surface area contributed by atoms with Crippen molar-refractivity contribution in [2.24, 2.45) is 11.7 Å². The summed E-state index contributed by atoms with van der Waals surface area (Å²) in [5.74, 6) is 0.370. The van der Waals surface area contributed by atoms with Gasteiger partial charge in [0.2, 0.25) is 0 Å². The molecular formula is C15H18N2O. The lowest BCUT2D eigenvalue weighted by atomic mass is 9.88. The van der Waals surface area contributed by atoms with Gasteiger partial charge in [-0.2, -0.15) is 0 Å². The molecule has 0 bridgehead atoms. The second-order valence-electron chi connectivity index (χ2n) is 5.25. The minimum Gasteiger partial charge on any atom is -0.388 e. The first-order valence-corrected chi connectivity index (χ1v) is 6.48. The van der Waals surface area contributed by atoms with Crippen LogP contribution in [-0.2, 0) is 6.42 Å². The van der Waals surface area contributed by atoms with Crippen LogP contribution in [0, 0.1) is 5.92 Å². The summed E-state index contributed by atoms with van der Waals surface area (Å²) in [7, 11) is 0. The maximum atomic E-state index is 10.6. The highest BCUT2D eigenvalue weighted by atomic mass is 16.3. The van der Waals surface area contributed by atoms with E-state index in [1.807, 2.05) is 30.5 Å². The molecule has 18 heavy (non-hydrogen) atoms. The third-order valence-electron chi connectivity index (χ3n) is 3.93. The van der Waals surface area contributed by atoms with Gasteiger partial charge >= 0.3 is 0 Å². The quantitative estimate of drug-likeness (QED) is 0.860. The van der Waals surface area contributed by atoms with E-state index in [9.17, 15) is 5.11 Å². The first-order valence-electron chi connectivity index (χ1n) is 6.48. The smallest absolute Gasteiger partial charge is 0.0837 e. The molecule has 1 saturated carbocycles. The van der Waals surface area contributed by atoms with Gasteiger partial charge in [-0.25, -0.2) is 0 Å². The van der Waals surface area contributed by atoms with E-state index in [1.54, 1.807) is 0 Å². The maximum Gasteiger partial charge on any atom is 0.0837 e. The molecule has 1 aliphatic carbocycles. The van der Waals surface area contributed by atoms with E-state index in [2.05, 4.69) is 11.1 Å². The van der Waals surface area contributed by atoms with Crippen LogP contribution in [0.3, 0.4) is 0 Å². The lowest BCUT2D eigenvalue weighted by Gasteiger charge is -2.27. The summed E-state index contributed by atoms with van der Waals surface area (Å²) in [6.45, 7) is 0.328. The Hall–Kier alpha value is -1.45. The molecule has 0 amide bonds. The van der Waals surface area contributed by atoms with Crippen molar-refractivity contribution in [2.45, 2.75) is 24.9 Å². The van der Waals surface area contributed by atoms with Crippen molar-refractivity contribution in [3.05, 3.63) is 42.1 Å². The Bertz CT molecular complexity index is 560. The zero-order valence-corrected chi connectivity index (χ0v) is 10.3. The minimum atomic E-state index is -0.746. The van der Waals surface area contributed by atoms with Gasteiger partial charge in [-0.3, -0.25) is 4.98 Å². The second kappa shape index (κ2) is 4.34. The number of aliphatic hydroxyl groups is 1. The van der Waals surface area contributed by atoms with Gasteiger partial charge in [0, 0.05) is 24.5 Å². The molecule has 1 aromatic heterocycles. The fourth-order valence-electron chi connectivity index (χ4n) is 2.64. The van der Waals surface area contributed by atoms with Gasteiger partial charge < -0.3 is 10.8 Å². The standard InChI is InChI=1S/C15H18N2O/c16-10-15(18,12-5-6-12)9-11-7-8-17-14-4-2-1-3-13(11)14/h1-4,7-8,12,18H,5-6,9-10,16H2. The van der Waals surface area contributed by atoms with Crippen LogP contribution < -0.4 is 5.73 Å². The van der Waals surface area contributed by atoms with Crippen LogP contribution in [0.25, 0.3) is 10.9 Å². The Labute approximate surface area is 107 Å². The average molecular weight is 242 g/mol. The molecule has 0 aliphatic heterocycles. The zero-order chi connectivity index (χ0) is 12.6. The van der Waals surface area contributed by atoms with E-state index in [1.165, 1.54) is 0 Å². The Morgan fingerprint density at radius 3 is 2.78 bits per heavy atom. The highest BCUT2D eigenvalue weighted by Crippen LogP contribution is 2.41. The zero-order valence-electron chi connectivity index (χ0n) is 10.3. The van der Waals surface area contributed by atoms with E-state index in [4.69, 9.17) is 5.73 Å². The number of nitrogens with zero attached hydrogens (tertiary/aromatic N) is 1. The summed E-state index contributed by atoms with van der Waals surface area (Å²) in [4.78, 5) is 4.35. The molecule has 3 nitrogen and oxygen atoms in total. The molecule has 2 aromatic rings. The van der Waals surface area contributed by atoms with Crippen molar-refractivity contribution in [1.29, 1.82) is 0 Å². The highest BCUT2D eigenvalue weighted by Gasteiger charge is 2.42. The van der Waals surface area contributed by atoms with Gasteiger partial charge in [0.1, 0.15) is 0 Å². The van der Waals surface area contributed by atoms with Crippen LogP contribution in [-0.4, -0.2) is 22.2 Å². The summed E-state index contributed by atoms with van der Waals surface area (Å²) in [5, 5.41) is 11.7. The van der Waals surface area contributed by atoms with Crippen molar-refractivity contribution in [3.8, 4) is 0 Å². The topological polar surface area (TPSA) is 59.1 Å². The average Bonchev–Trinajstić information content (AvgIpc) is 3.24. The molecule has 1 unspecified atom stereocenters. The second-order valence-corrected chi connectivity index (χ2v) is 5.25. The van der Waals surface area contributed by atoms with Crippen molar-refractivity contribution in [3.63, 3.8) is 0 Å². The Morgan fingerprint density at radius 2 is 2.06 bits per heavy atom. The molecule has 0 saturated heterocycles. The Kier molecular flexibility index (Phi) is 2.80. The molecule has 1 atom stereocenters. The molecule has 0 spiro atoms. The summed E-state index contributed by atoms with van der Waals surface area (Å²) in [6, 6.07) is 10.0. The van der Waals surface area contributed by atoms with Gasteiger partial charge in [0.05, 0.1) is 11.1 Å². The van der Waals surface area contributed by atoms with Crippen molar-refractivity contribution < 1.29 is 5.11 Å². The van der Waals surface area contributed by atoms with E-state index < -0.39 is 5.60 Å². The van der Waals surface area contributed by atoms with E-state index in [-0.39, 0.29) is 0 Å². The number of hydrogen-bond acceptors (Lipinski definition) is 3. The highest BCUT2D eigenvalue weighted by molar-refractivity contribution is 5.81. The number of aromatic nitrogens is 1. The lowest BCUT2D eigenvalue weighted by Crippen LogP contribution is -2.42. The van der Waals surface area contributed by atoms with Gasteiger partial charge in [-0.1, -0.05) is 18.2 Å². The summed E-state index contributed by atoms with van der Waals surface area (Å²) in [6.07, 6.45) is 4.62. The molecule has 94 valence electrons. The molecule has 1 heterocycles. The molecule has 3 heteroatoms. The van der Waals surface area contributed by atoms with Gasteiger partial charge in [0.25, 0.3) is 0 Å². The van der Waals surface area contributed by atoms with Crippen LogP contribution in [0.4, 0.5) is 0 Å². The number of fused-ring (bicyclic) bond motifs is 1. The number of hydrogen-bond donors (Lipinski definition) is 2. The number of benzene rings is 1. The number of pyridine rings is 1. The molecule has 1 aliphatic rings. The van der Waals surface area contributed by atoms with E-state index >= 15 is 0 Å². The fourth-order valence-corrected chi connectivity index (χ4v) is 2.64. The van der Waals surface area contributed by atoms with Crippen LogP contribution in [0.5, 0.6) is 0 Å². The molecule has 1 fully saturated rings. The van der Waals surface area contributed by atoms with Crippen LogP contribution in [0.15, 0.2) is 36.5 Å². The van der Waals surface area contributed by atoms with Crippen molar-refractivity contribution >= 4 is 10.9 Å². The number of rotatable bonds is 4. The van der Waals surface area contributed by atoms with Crippen LogP contribution >= 0.6 is 0 Å². The summed E-state index contributed by atoms with van der Waals surface area (Å²) >= 11 is 0. The third kappa shape index (κ3) is 2.00.